The molecule has 0 amide bonds. The highest BCUT2D eigenvalue weighted by Crippen LogP contribution is 2.14. The molecule has 0 unspecified atom stereocenters. The standard InChI is InChI=1S/C11H13N3O2S2/c12-11-10(4-1-6-13-11)18(15,16)14-7-5-9-3-2-8-17-9/h1-4,6,8,14H,5,7H2,(H2,12,13). The van der Waals surface area contributed by atoms with E-state index in [9.17, 15) is 8.42 Å². The highest BCUT2D eigenvalue weighted by molar-refractivity contribution is 7.89. The molecular formula is C11H13N3O2S2. The number of nitrogens with one attached hydrogen (secondary N) is 1. The minimum atomic E-state index is -3.58. The molecule has 0 aliphatic rings. The van der Waals surface area contributed by atoms with Crippen LogP contribution in [0.4, 0.5) is 5.82 Å². The van der Waals surface area contributed by atoms with Gasteiger partial charge < -0.3 is 5.73 Å². The third-order valence-electron chi connectivity index (χ3n) is 2.33. The zero-order valence-corrected chi connectivity index (χ0v) is 11.2. The molecule has 0 fully saturated rings. The molecule has 7 heteroatoms. The Balaban J connectivity index is 2.02. The van der Waals surface area contributed by atoms with Gasteiger partial charge in [-0.2, -0.15) is 0 Å². The molecule has 3 N–H and O–H groups in total. The Morgan fingerprint density at radius 3 is 2.83 bits per heavy atom. The fourth-order valence-electron chi connectivity index (χ4n) is 1.47. The van der Waals surface area contributed by atoms with Crippen LogP contribution in [0.3, 0.4) is 0 Å². The van der Waals surface area contributed by atoms with Crippen LogP contribution >= 0.6 is 11.3 Å². The van der Waals surface area contributed by atoms with E-state index in [1.54, 1.807) is 17.4 Å². The van der Waals surface area contributed by atoms with Gasteiger partial charge in [0.2, 0.25) is 10.0 Å². The summed E-state index contributed by atoms with van der Waals surface area (Å²) >= 11 is 1.60. The van der Waals surface area contributed by atoms with Crippen molar-refractivity contribution >= 4 is 27.2 Å². The summed E-state index contributed by atoms with van der Waals surface area (Å²) in [5.74, 6) is 0.0149. The number of thiophene rings is 1. The third kappa shape index (κ3) is 3.06. The number of hydrogen-bond acceptors (Lipinski definition) is 5. The van der Waals surface area contributed by atoms with Crippen LogP contribution < -0.4 is 10.5 Å². The maximum Gasteiger partial charge on any atom is 0.244 e. The summed E-state index contributed by atoms with van der Waals surface area (Å²) in [7, 11) is -3.58. The second-order valence-corrected chi connectivity index (χ2v) is 6.38. The molecule has 0 bridgehead atoms. The van der Waals surface area contributed by atoms with Crippen LogP contribution in [0.25, 0.3) is 0 Å². The predicted octanol–water partition coefficient (Wildman–Crippen LogP) is 1.25. The summed E-state index contributed by atoms with van der Waals surface area (Å²) in [5.41, 5.74) is 5.54. The lowest BCUT2D eigenvalue weighted by molar-refractivity contribution is 0.582. The van der Waals surface area contributed by atoms with Crippen LogP contribution in [0.1, 0.15) is 4.88 Å². The fraction of sp³-hybridized carbons (Fsp3) is 0.182. The van der Waals surface area contributed by atoms with Crippen molar-refractivity contribution in [3.05, 3.63) is 40.7 Å². The molecule has 5 nitrogen and oxygen atoms in total. The van der Waals surface area contributed by atoms with Gasteiger partial charge in [0, 0.05) is 17.6 Å². The topological polar surface area (TPSA) is 85.1 Å². The fourth-order valence-corrected chi connectivity index (χ4v) is 3.29. The van der Waals surface area contributed by atoms with E-state index >= 15 is 0 Å². The molecule has 18 heavy (non-hydrogen) atoms. The number of rotatable bonds is 5. The van der Waals surface area contributed by atoms with Gasteiger partial charge in [-0.1, -0.05) is 6.07 Å². The number of sulfonamides is 1. The number of anilines is 1. The molecule has 96 valence electrons. The summed E-state index contributed by atoms with van der Waals surface area (Å²) in [5, 5.41) is 1.96. The van der Waals surface area contributed by atoms with Gasteiger partial charge in [0.1, 0.15) is 10.7 Å². The molecule has 0 saturated heterocycles. The number of nitrogens with zero attached hydrogens (tertiary/aromatic N) is 1. The number of pyridine rings is 1. The number of hydrogen-bond donors (Lipinski definition) is 2. The van der Waals surface area contributed by atoms with Crippen LogP contribution in [0.5, 0.6) is 0 Å². The van der Waals surface area contributed by atoms with Gasteiger partial charge in [0.05, 0.1) is 0 Å². The van der Waals surface area contributed by atoms with Crippen molar-refractivity contribution in [1.29, 1.82) is 0 Å². The monoisotopic (exact) mass is 283 g/mol. The summed E-state index contributed by atoms with van der Waals surface area (Å²) in [4.78, 5) is 4.92. The number of aromatic nitrogens is 1. The van der Waals surface area contributed by atoms with Gasteiger partial charge in [-0.3, -0.25) is 0 Å². The van der Waals surface area contributed by atoms with Crippen LogP contribution in [-0.2, 0) is 16.4 Å². The first kappa shape index (κ1) is 13.0. The minimum Gasteiger partial charge on any atom is -0.383 e. The lowest BCUT2D eigenvalue weighted by Gasteiger charge is -2.07. The summed E-state index contributed by atoms with van der Waals surface area (Å²) in [6, 6.07) is 6.89. The molecule has 0 aliphatic heterocycles. The summed E-state index contributed by atoms with van der Waals surface area (Å²) in [6.07, 6.45) is 2.12. The molecule has 2 heterocycles. The second kappa shape index (κ2) is 5.47. The SMILES string of the molecule is Nc1ncccc1S(=O)(=O)NCCc1cccs1. The minimum absolute atomic E-state index is 0.0149. The van der Waals surface area contributed by atoms with Crippen LogP contribution in [-0.4, -0.2) is 19.9 Å². The molecule has 0 aromatic carbocycles. The van der Waals surface area contributed by atoms with Crippen LogP contribution in [0, 0.1) is 0 Å². The Bertz CT molecular complexity index is 609. The number of nitrogens with two attached hydrogens (primary N) is 1. The molecule has 2 aromatic rings. The molecule has 0 spiro atoms. The number of nitrogen functional groups attached to an aromatic ring is 1. The summed E-state index contributed by atoms with van der Waals surface area (Å²) in [6.45, 7) is 0.344. The van der Waals surface area contributed by atoms with E-state index in [2.05, 4.69) is 9.71 Å². The zero-order valence-electron chi connectivity index (χ0n) is 9.54. The first-order chi connectivity index (χ1) is 8.59. The molecule has 2 aromatic heterocycles. The quantitative estimate of drug-likeness (QED) is 0.864. The van der Waals surface area contributed by atoms with E-state index in [4.69, 9.17) is 5.73 Å². The Morgan fingerprint density at radius 1 is 1.33 bits per heavy atom. The Morgan fingerprint density at radius 2 is 2.17 bits per heavy atom. The average molecular weight is 283 g/mol. The van der Waals surface area contributed by atoms with Crippen molar-refractivity contribution in [3.63, 3.8) is 0 Å². The predicted molar refractivity (Wildman–Crippen MR) is 71.9 cm³/mol. The van der Waals surface area contributed by atoms with Crippen molar-refractivity contribution in [1.82, 2.24) is 9.71 Å². The van der Waals surface area contributed by atoms with Crippen molar-refractivity contribution < 1.29 is 8.42 Å². The average Bonchev–Trinajstić information content (AvgIpc) is 2.82. The van der Waals surface area contributed by atoms with E-state index in [0.717, 1.165) is 4.88 Å². The first-order valence-corrected chi connectivity index (χ1v) is 7.68. The summed E-state index contributed by atoms with van der Waals surface area (Å²) < 4.78 is 26.4. The van der Waals surface area contributed by atoms with E-state index in [1.165, 1.54) is 12.3 Å². The first-order valence-electron chi connectivity index (χ1n) is 5.32. The highest BCUT2D eigenvalue weighted by Gasteiger charge is 2.16. The van der Waals surface area contributed by atoms with Crippen LogP contribution in [0.15, 0.2) is 40.7 Å². The molecule has 0 radical (unpaired) electrons. The maximum atomic E-state index is 12.0. The van der Waals surface area contributed by atoms with Gasteiger partial charge in [-0.15, -0.1) is 11.3 Å². The van der Waals surface area contributed by atoms with Gasteiger partial charge in [0.25, 0.3) is 0 Å². The molecule has 0 aliphatic carbocycles. The van der Waals surface area contributed by atoms with E-state index < -0.39 is 10.0 Å². The Labute approximate surface area is 110 Å². The van der Waals surface area contributed by atoms with Crippen molar-refractivity contribution in [2.45, 2.75) is 11.3 Å². The van der Waals surface area contributed by atoms with Gasteiger partial charge in [-0.25, -0.2) is 18.1 Å². The zero-order chi connectivity index (χ0) is 13.0. The van der Waals surface area contributed by atoms with Gasteiger partial charge in [-0.05, 0) is 30.0 Å². The molecule has 0 atom stereocenters. The van der Waals surface area contributed by atoms with E-state index in [-0.39, 0.29) is 10.7 Å². The van der Waals surface area contributed by atoms with Gasteiger partial charge in [0.15, 0.2) is 0 Å². The molecule has 0 saturated carbocycles. The largest absolute Gasteiger partial charge is 0.383 e. The third-order valence-corrected chi connectivity index (χ3v) is 4.78. The van der Waals surface area contributed by atoms with Crippen molar-refractivity contribution in [3.8, 4) is 0 Å². The normalized spacial score (nSPS) is 11.6. The Kier molecular flexibility index (Phi) is 3.95. The highest BCUT2D eigenvalue weighted by atomic mass is 32.2. The molecular weight excluding hydrogens is 270 g/mol. The smallest absolute Gasteiger partial charge is 0.244 e. The molecule has 2 rings (SSSR count). The van der Waals surface area contributed by atoms with Crippen molar-refractivity contribution in [2.24, 2.45) is 0 Å². The van der Waals surface area contributed by atoms with Gasteiger partial charge >= 0.3 is 0 Å². The van der Waals surface area contributed by atoms with Crippen LogP contribution in [0.2, 0.25) is 0 Å². The van der Waals surface area contributed by atoms with E-state index in [0.29, 0.717) is 13.0 Å². The Hall–Kier alpha value is -1.44. The maximum absolute atomic E-state index is 12.0. The van der Waals surface area contributed by atoms with Crippen molar-refractivity contribution in [2.75, 3.05) is 12.3 Å². The second-order valence-electron chi connectivity index (χ2n) is 3.61. The van der Waals surface area contributed by atoms with E-state index in [1.807, 2.05) is 17.5 Å². The lowest BCUT2D eigenvalue weighted by Crippen LogP contribution is -2.26. The lowest BCUT2D eigenvalue weighted by atomic mass is 10.3.